The van der Waals surface area contributed by atoms with Crippen LogP contribution >= 0.6 is 81.2 Å². The van der Waals surface area contributed by atoms with Crippen LogP contribution in [-0.2, 0) is 113 Å². The minimum Gasteiger partial charge on any atom is -0.461 e. The van der Waals surface area contributed by atoms with Crippen LogP contribution in [-0.4, -0.2) is 135 Å². The van der Waals surface area contributed by atoms with E-state index in [2.05, 4.69) is 36.2 Å². The number of anilines is 2. The molecule has 0 atom stereocenters. The third-order valence-electron chi connectivity index (χ3n) is 21.7. The number of nitrogens with two attached hydrogens (primary N) is 2. The Morgan fingerprint density at radius 1 is 0.442 bits per heavy atom. The number of fused-ring (bicyclic) bond motifs is 9. The van der Waals surface area contributed by atoms with Gasteiger partial charge in [-0.05, 0) is 172 Å². The van der Waals surface area contributed by atoms with Gasteiger partial charge in [-0.25, -0.2) is 25.3 Å². The molecule has 0 radical (unpaired) electrons. The monoisotopic (exact) mass is 2130 g/mol. The van der Waals surface area contributed by atoms with E-state index in [9.17, 15) is 47.9 Å². The van der Waals surface area contributed by atoms with E-state index in [0.29, 0.717) is 117 Å². The van der Waals surface area contributed by atoms with Crippen molar-refractivity contribution in [2.45, 2.75) is 74.2 Å². The lowest BCUT2D eigenvalue weighted by Crippen LogP contribution is -2.31. The van der Waals surface area contributed by atoms with E-state index in [1.807, 2.05) is 178 Å². The first kappa shape index (κ1) is 113. The lowest BCUT2D eigenvalue weighted by Gasteiger charge is -2.10. The molecule has 0 spiro atoms. The van der Waals surface area contributed by atoms with Crippen LogP contribution in [0, 0.1) is 0 Å². The van der Waals surface area contributed by atoms with Crippen LogP contribution in [0.5, 0.6) is 0 Å². The summed E-state index contributed by atoms with van der Waals surface area (Å²) < 4.78 is 38.9. The number of para-hydroxylation sites is 1. The fourth-order valence-corrected chi connectivity index (χ4v) is 15.8. The van der Waals surface area contributed by atoms with Crippen LogP contribution in [0.2, 0.25) is 35.2 Å². The highest BCUT2D eigenvalue weighted by atomic mass is 35.5. The molecular weight excluding hydrogens is 2020 g/mol. The van der Waals surface area contributed by atoms with Crippen LogP contribution in [0.3, 0.4) is 0 Å². The summed E-state index contributed by atoms with van der Waals surface area (Å²) in [7, 11) is 10.4. The number of halogens is 7. The number of aromatic nitrogens is 9. The van der Waals surface area contributed by atoms with E-state index >= 15 is 0 Å². The zero-order valence-corrected chi connectivity index (χ0v) is 86.1. The molecule has 2 amide bonds. The number of aryl methyl sites for hydroxylation is 4. The first-order valence-corrected chi connectivity index (χ1v) is 47.8. The molecule has 762 valence electrons. The molecule has 0 saturated carbocycles. The van der Waals surface area contributed by atoms with Crippen LogP contribution < -0.4 is 33.5 Å². The van der Waals surface area contributed by atoms with E-state index in [1.165, 1.54) is 9.58 Å². The molecule has 0 saturated heterocycles. The van der Waals surface area contributed by atoms with Gasteiger partial charge < -0.3 is 62.3 Å². The lowest BCUT2D eigenvalue weighted by molar-refractivity contribution is -0.149. The molecule has 7 aromatic heterocycles. The Bertz CT molecular complexity index is 7850. The fraction of sp³-hybridized carbons (Fsp3) is 0.183. The van der Waals surface area contributed by atoms with Crippen LogP contribution in [0.25, 0.3) is 82.0 Å². The van der Waals surface area contributed by atoms with Gasteiger partial charge in [0.05, 0.1) is 66.5 Å². The molecule has 7 heterocycles. The fourth-order valence-electron chi connectivity index (χ4n) is 14.6. The highest BCUT2D eigenvalue weighted by molar-refractivity contribution is 6.36. The Morgan fingerprint density at radius 2 is 0.878 bits per heavy atom. The number of ether oxygens (including phenoxy) is 6. The second-order valence-corrected chi connectivity index (χ2v) is 35.2. The maximum absolute atomic E-state index is 13.5. The second kappa shape index (κ2) is 54.9. The third kappa shape index (κ3) is 31.5. The van der Waals surface area contributed by atoms with Gasteiger partial charge in [-0.3, -0.25) is 44.4 Å². The van der Waals surface area contributed by atoms with Crippen molar-refractivity contribution in [1.29, 1.82) is 0 Å². The predicted octanol–water partition coefficient (Wildman–Crippen LogP) is 22.1. The SMILES string of the molecule is C.CCOC(=O)C(C)=NNc1cccc(Cl)c1.CCOC(=O)c1cc2ccc(Cl)cc2[nH]1.CCOC(=O)c1cc2ccc(Cl)cc2n1C.CN(C)C(=O)CC(=O)OCc1ccccc1.Cn1c(C(=O)NN)cc2ccc(Cl)cc21.Cn1c2cc(Cl)ccc2c2c(CC(=O)OCc3ccccc3)n[nH]c(=O)c21.Cn1c2cc(Cl)ccc2c2c(CC(=O)OCc3ccccc3)nn(-c3ccccc3)c(=O)c21.Nc1cccc(Cl)c1. The van der Waals surface area contributed by atoms with Gasteiger partial charge in [-0.1, -0.05) is 240 Å². The Morgan fingerprint density at radius 3 is 1.37 bits per heavy atom. The van der Waals surface area contributed by atoms with Gasteiger partial charge in [0.1, 0.15) is 60.1 Å². The van der Waals surface area contributed by atoms with E-state index < -0.39 is 23.9 Å². The molecule has 18 aromatic rings. The molecule has 147 heavy (non-hydrogen) atoms. The normalized spacial score (nSPS) is 10.6. The molecule has 0 aliphatic heterocycles. The molecule has 31 nitrogen and oxygen atoms in total. The summed E-state index contributed by atoms with van der Waals surface area (Å²) >= 11 is 41.3. The zero-order valence-electron chi connectivity index (χ0n) is 80.8. The molecule has 0 bridgehead atoms. The first-order chi connectivity index (χ1) is 70.0. The average Bonchev–Trinajstić information content (AvgIpc) is 1.51. The smallest absolute Gasteiger partial charge is 0.354 e. The zero-order chi connectivity index (χ0) is 105. The minimum atomic E-state index is -0.498. The Kier molecular flexibility index (Phi) is 42.4. The second-order valence-electron chi connectivity index (χ2n) is 32.2. The standard InChI is InChI=1S/C26H20ClN3O3.C20H16ClN3O3.C12H12ClNO2.C12H15NO3.C11H13ClN2O2.C11H10ClNO2.C10H10ClN3O.C6H6ClN.CH4/c1-29-22-14-18(27)12-13-20(22)24-21(15-23(31)33-16-17-8-4-2-5-9-17)28-30(26(32)25(24)29)19-10-6-3-7-11-19;1-24-16-9-13(21)7-8-14(16)18-15(22-23-20(26)19(18)24)10-17(25)27-11-12-5-3-2-4-6-12;1-3-16-12(15)11-6-8-4-5-9(13)7-10(8)14(11)2;1-13(2)11(14)8-12(15)16-9-10-6-4-3-5-7-10;1-3-16-11(15)8(2)13-14-10-6-4-5-9(12)7-10;1-2-15-11(14)10-5-7-3-4-8(12)6-9(7)13-10;1-14-8-5-7(11)3-2-6(8)4-9(14)10(15)13-12;7-5-2-1-3-6(8)4-5;/h2-14H,15-16H2,1H3;2-9H,10-11H2,1H3,(H,23,26);4-7H,3H2,1-2H3;3-7H,8-9H2,1-2H3;4-7,14H,3H2,1-2H3;3-6,13H,2H2,1H3;2-5H,12H2,1H3,(H,13,15);1-4H,8H2;1H4. The molecule has 0 unspecified atom stereocenters. The Labute approximate surface area is 880 Å². The summed E-state index contributed by atoms with van der Waals surface area (Å²) in [5.74, 6) is 2.11. The maximum Gasteiger partial charge on any atom is 0.354 e. The number of hydrazine groups is 1. The summed E-state index contributed by atoms with van der Waals surface area (Å²) in [6.45, 7) is 8.54. The van der Waals surface area contributed by atoms with Crippen LogP contribution in [0.4, 0.5) is 11.4 Å². The van der Waals surface area contributed by atoms with Crippen molar-refractivity contribution < 1.29 is 66.8 Å². The number of carbonyl (C=O) groups excluding carboxylic acids is 8. The van der Waals surface area contributed by atoms with Crippen molar-refractivity contribution >= 4 is 222 Å². The first-order valence-electron chi connectivity index (χ1n) is 45.1. The van der Waals surface area contributed by atoms with Crippen molar-refractivity contribution in [2.24, 2.45) is 39.1 Å². The van der Waals surface area contributed by atoms with E-state index in [0.717, 1.165) is 76.9 Å². The van der Waals surface area contributed by atoms with Gasteiger partial charge in [-0.2, -0.15) is 20.0 Å². The number of esters is 6. The average molecular weight is 2130 g/mol. The van der Waals surface area contributed by atoms with E-state index in [1.54, 1.807) is 189 Å². The molecule has 8 N–H and O–H groups in total. The van der Waals surface area contributed by atoms with Crippen molar-refractivity contribution in [1.82, 2.24) is 53.6 Å². The van der Waals surface area contributed by atoms with Gasteiger partial charge in [0.2, 0.25) is 5.91 Å². The van der Waals surface area contributed by atoms with Crippen molar-refractivity contribution in [3.63, 3.8) is 0 Å². The Hall–Kier alpha value is -15.6. The molecule has 38 heteroatoms. The summed E-state index contributed by atoms with van der Waals surface area (Å²) in [6, 6.07) is 84.2. The minimum absolute atomic E-state index is 0. The van der Waals surface area contributed by atoms with Crippen molar-refractivity contribution in [3.05, 3.63) is 380 Å². The number of benzene rings is 11. The number of nitrogens with one attached hydrogen (secondary N) is 4. The van der Waals surface area contributed by atoms with Gasteiger partial charge in [0, 0.05) is 137 Å². The number of aromatic amines is 2. The van der Waals surface area contributed by atoms with Gasteiger partial charge >= 0.3 is 35.8 Å². The highest BCUT2D eigenvalue weighted by Gasteiger charge is 2.25. The van der Waals surface area contributed by atoms with Crippen molar-refractivity contribution in [3.8, 4) is 5.69 Å². The summed E-state index contributed by atoms with van der Waals surface area (Å²) in [6.07, 6.45) is -0.320. The topological polar surface area (TPSA) is 400 Å². The van der Waals surface area contributed by atoms with E-state index in [-0.39, 0.29) is 87.1 Å². The number of hydrogen-bond acceptors (Lipinski definition) is 22. The molecule has 18 rings (SSSR count). The number of nitrogen functional groups attached to an aromatic ring is 2. The number of nitrogens with zero attached hydrogens (tertiary/aromatic N) is 9. The summed E-state index contributed by atoms with van der Waals surface area (Å²) in [5.41, 5.74) is 22.3. The maximum atomic E-state index is 13.5. The van der Waals surface area contributed by atoms with E-state index in [4.69, 9.17) is 121 Å². The largest absolute Gasteiger partial charge is 0.461 e. The van der Waals surface area contributed by atoms with Gasteiger partial charge in [-0.15, -0.1) is 0 Å². The van der Waals surface area contributed by atoms with Crippen LogP contribution in [0.15, 0.2) is 294 Å². The predicted molar refractivity (Wildman–Crippen MR) is 582 cm³/mol. The molecular formula is C109H106Cl7N15O16. The third-order valence-corrected chi connectivity index (χ3v) is 23.4. The Balaban J connectivity index is 0.000000177. The number of hydrazone groups is 1. The number of amides is 2. The number of carbonyl (C=O) groups is 8. The quantitative estimate of drug-likeness (QED) is 0.00536. The molecule has 0 fully saturated rings. The van der Waals surface area contributed by atoms with Gasteiger partial charge in [0.15, 0.2) is 0 Å². The summed E-state index contributed by atoms with van der Waals surface area (Å²) in [5, 5.41) is 25.2. The number of rotatable bonds is 22. The van der Waals surface area contributed by atoms with Gasteiger partial charge in [0.25, 0.3) is 17.0 Å². The van der Waals surface area contributed by atoms with Crippen molar-refractivity contribution in [2.75, 3.05) is 45.1 Å². The van der Waals surface area contributed by atoms with Crippen LogP contribution in [0.1, 0.15) is 101 Å². The number of H-pyrrole nitrogens is 2. The molecule has 11 aromatic carbocycles. The number of hydrogen-bond donors (Lipinski definition) is 6. The molecule has 0 aliphatic rings. The highest BCUT2D eigenvalue weighted by Crippen LogP contribution is 2.34. The lowest BCUT2D eigenvalue weighted by atomic mass is 10.1. The molecule has 0 aliphatic carbocycles. The summed E-state index contributed by atoms with van der Waals surface area (Å²) in [4.78, 5) is 123.